The summed E-state index contributed by atoms with van der Waals surface area (Å²) < 4.78 is 0. The van der Waals surface area contributed by atoms with Gasteiger partial charge in [-0.15, -0.1) is 0 Å². The number of nitrogens with two attached hydrogens (primary N) is 1. The molecule has 5 heteroatoms. The van der Waals surface area contributed by atoms with Gasteiger partial charge in [0.25, 0.3) is 0 Å². The van der Waals surface area contributed by atoms with Crippen molar-refractivity contribution in [2.75, 3.05) is 0 Å². The van der Waals surface area contributed by atoms with Gasteiger partial charge in [0.05, 0.1) is 6.04 Å². The van der Waals surface area contributed by atoms with Crippen molar-refractivity contribution >= 4 is 34.8 Å². The summed E-state index contributed by atoms with van der Waals surface area (Å²) in [6.07, 6.45) is 0.608. The average Bonchev–Trinajstić information content (AvgIpc) is 2.40. The van der Waals surface area contributed by atoms with Crippen molar-refractivity contribution in [3.05, 3.63) is 68.7 Å². The highest BCUT2D eigenvalue weighted by Crippen LogP contribution is 2.29. The summed E-state index contributed by atoms with van der Waals surface area (Å²) in [7, 11) is 0. The summed E-state index contributed by atoms with van der Waals surface area (Å²) in [4.78, 5) is 0. The topological polar surface area (TPSA) is 38.0 Å². The normalized spacial score (nSPS) is 12.4. The van der Waals surface area contributed by atoms with Gasteiger partial charge >= 0.3 is 0 Å². The van der Waals surface area contributed by atoms with E-state index in [0.29, 0.717) is 21.5 Å². The van der Waals surface area contributed by atoms with Gasteiger partial charge in [-0.3, -0.25) is 11.3 Å². The minimum atomic E-state index is -0.0744. The fourth-order valence-electron chi connectivity index (χ4n) is 1.90. The van der Waals surface area contributed by atoms with Crippen LogP contribution in [0.25, 0.3) is 0 Å². The molecule has 1 unspecified atom stereocenters. The lowest BCUT2D eigenvalue weighted by atomic mass is 9.99. The lowest BCUT2D eigenvalue weighted by molar-refractivity contribution is 0.552. The Balaban J connectivity index is 2.26. The van der Waals surface area contributed by atoms with Crippen LogP contribution in [0.3, 0.4) is 0 Å². The number of rotatable bonds is 4. The molecule has 19 heavy (non-hydrogen) atoms. The molecule has 0 aromatic heterocycles. The number of hydrogen-bond acceptors (Lipinski definition) is 2. The van der Waals surface area contributed by atoms with E-state index in [1.807, 2.05) is 42.5 Å². The molecule has 0 amide bonds. The molecule has 0 aliphatic heterocycles. The SMILES string of the molecule is NNC(Cc1c(Cl)cccc1Cl)c1ccc(Cl)cc1. The lowest BCUT2D eigenvalue weighted by Crippen LogP contribution is -2.29. The molecule has 0 fully saturated rings. The predicted octanol–water partition coefficient (Wildman–Crippen LogP) is 4.39. The van der Waals surface area contributed by atoms with Crippen LogP contribution in [-0.4, -0.2) is 0 Å². The van der Waals surface area contributed by atoms with Gasteiger partial charge in [0.15, 0.2) is 0 Å². The minimum Gasteiger partial charge on any atom is -0.271 e. The zero-order valence-corrected chi connectivity index (χ0v) is 12.3. The van der Waals surface area contributed by atoms with E-state index < -0.39 is 0 Å². The van der Waals surface area contributed by atoms with Crippen LogP contribution in [0, 0.1) is 0 Å². The quantitative estimate of drug-likeness (QED) is 0.648. The van der Waals surface area contributed by atoms with Crippen LogP contribution in [0.2, 0.25) is 15.1 Å². The van der Waals surface area contributed by atoms with Crippen molar-refractivity contribution in [2.45, 2.75) is 12.5 Å². The largest absolute Gasteiger partial charge is 0.271 e. The maximum atomic E-state index is 6.17. The molecule has 0 bridgehead atoms. The highest BCUT2D eigenvalue weighted by Gasteiger charge is 2.14. The third-order valence-electron chi connectivity index (χ3n) is 2.94. The Kier molecular flexibility index (Phi) is 5.08. The standard InChI is InChI=1S/C14H13Cl3N2/c15-10-6-4-9(5-7-10)14(19-18)8-11-12(16)2-1-3-13(11)17/h1-7,14,19H,8,18H2. The van der Waals surface area contributed by atoms with Gasteiger partial charge in [-0.2, -0.15) is 0 Å². The maximum Gasteiger partial charge on any atom is 0.0501 e. The molecule has 2 aromatic carbocycles. The van der Waals surface area contributed by atoms with E-state index in [4.69, 9.17) is 40.6 Å². The summed E-state index contributed by atoms with van der Waals surface area (Å²) in [6, 6.07) is 12.9. The van der Waals surface area contributed by atoms with Crippen LogP contribution in [0.15, 0.2) is 42.5 Å². The van der Waals surface area contributed by atoms with Crippen molar-refractivity contribution < 1.29 is 0 Å². The van der Waals surface area contributed by atoms with Crippen LogP contribution in [-0.2, 0) is 6.42 Å². The van der Waals surface area contributed by atoms with Gasteiger partial charge in [-0.25, -0.2) is 0 Å². The zero-order valence-electron chi connectivity index (χ0n) is 10.0. The first-order chi connectivity index (χ1) is 9.11. The van der Waals surface area contributed by atoms with Crippen LogP contribution in [0.4, 0.5) is 0 Å². The first-order valence-corrected chi connectivity index (χ1v) is 6.89. The van der Waals surface area contributed by atoms with E-state index in [1.54, 1.807) is 0 Å². The number of nitrogens with one attached hydrogen (secondary N) is 1. The number of hydrazine groups is 1. The molecule has 0 saturated heterocycles. The Labute approximate surface area is 127 Å². The van der Waals surface area contributed by atoms with Gasteiger partial charge in [-0.05, 0) is 41.8 Å². The smallest absolute Gasteiger partial charge is 0.0501 e. The van der Waals surface area contributed by atoms with Gasteiger partial charge in [0.2, 0.25) is 0 Å². The number of halogens is 3. The first-order valence-electron chi connectivity index (χ1n) is 5.76. The summed E-state index contributed by atoms with van der Waals surface area (Å²) in [5.74, 6) is 5.62. The molecule has 2 aromatic rings. The van der Waals surface area contributed by atoms with Crippen LogP contribution < -0.4 is 11.3 Å². The monoisotopic (exact) mass is 314 g/mol. The molecule has 3 N–H and O–H groups in total. The molecule has 1 atom stereocenters. The van der Waals surface area contributed by atoms with Crippen LogP contribution in [0.1, 0.15) is 17.2 Å². The fourth-order valence-corrected chi connectivity index (χ4v) is 2.58. The highest BCUT2D eigenvalue weighted by atomic mass is 35.5. The molecule has 0 aliphatic rings. The fraction of sp³-hybridized carbons (Fsp3) is 0.143. The van der Waals surface area contributed by atoms with E-state index in [2.05, 4.69) is 5.43 Å². The second-order valence-corrected chi connectivity index (χ2v) is 5.43. The Morgan fingerprint density at radius 2 is 1.53 bits per heavy atom. The molecule has 2 nitrogen and oxygen atoms in total. The van der Waals surface area contributed by atoms with E-state index >= 15 is 0 Å². The van der Waals surface area contributed by atoms with Crippen molar-refractivity contribution in [2.24, 2.45) is 5.84 Å². The molecule has 0 aliphatic carbocycles. The van der Waals surface area contributed by atoms with Crippen molar-refractivity contribution in [3.8, 4) is 0 Å². The summed E-state index contributed by atoms with van der Waals surface area (Å²) in [5, 5.41) is 1.97. The van der Waals surface area contributed by atoms with Gasteiger partial charge < -0.3 is 0 Å². The average molecular weight is 316 g/mol. The van der Waals surface area contributed by atoms with Crippen molar-refractivity contribution in [3.63, 3.8) is 0 Å². The first kappa shape index (κ1) is 14.6. The molecular weight excluding hydrogens is 303 g/mol. The molecule has 100 valence electrons. The number of hydrogen-bond donors (Lipinski definition) is 2. The molecule has 2 rings (SSSR count). The molecule has 0 spiro atoms. The molecular formula is C14H13Cl3N2. The summed E-state index contributed by atoms with van der Waals surface area (Å²) in [5.41, 5.74) is 4.69. The van der Waals surface area contributed by atoms with E-state index in [-0.39, 0.29) is 6.04 Å². The summed E-state index contributed by atoms with van der Waals surface area (Å²) >= 11 is 18.2. The van der Waals surface area contributed by atoms with Gasteiger partial charge in [-0.1, -0.05) is 53.0 Å². The Bertz CT molecular complexity index is 535. The van der Waals surface area contributed by atoms with E-state index in [9.17, 15) is 0 Å². The van der Waals surface area contributed by atoms with Crippen molar-refractivity contribution in [1.82, 2.24) is 5.43 Å². The second-order valence-electron chi connectivity index (χ2n) is 4.18. The third-order valence-corrected chi connectivity index (χ3v) is 3.90. The van der Waals surface area contributed by atoms with Crippen LogP contribution in [0.5, 0.6) is 0 Å². The highest BCUT2D eigenvalue weighted by molar-refractivity contribution is 6.36. The Hall–Kier alpha value is -0.770. The van der Waals surface area contributed by atoms with Crippen molar-refractivity contribution in [1.29, 1.82) is 0 Å². The third kappa shape index (κ3) is 3.62. The second kappa shape index (κ2) is 6.60. The summed E-state index contributed by atoms with van der Waals surface area (Å²) in [6.45, 7) is 0. The van der Waals surface area contributed by atoms with E-state index in [1.165, 1.54) is 0 Å². The van der Waals surface area contributed by atoms with Gasteiger partial charge in [0, 0.05) is 15.1 Å². The van der Waals surface area contributed by atoms with E-state index in [0.717, 1.165) is 11.1 Å². The molecule has 0 heterocycles. The van der Waals surface area contributed by atoms with Gasteiger partial charge in [0.1, 0.15) is 0 Å². The maximum absolute atomic E-state index is 6.17. The van der Waals surface area contributed by atoms with Crippen LogP contribution >= 0.6 is 34.8 Å². The molecule has 0 saturated carbocycles. The Morgan fingerprint density at radius 1 is 0.947 bits per heavy atom. The predicted molar refractivity (Wildman–Crippen MR) is 81.7 cm³/mol. The Morgan fingerprint density at radius 3 is 2.05 bits per heavy atom. The lowest BCUT2D eigenvalue weighted by Gasteiger charge is -2.18. The zero-order chi connectivity index (χ0) is 13.8. The number of benzene rings is 2. The minimum absolute atomic E-state index is 0.0744. The molecule has 0 radical (unpaired) electrons.